The maximum absolute atomic E-state index is 13.4. The van der Waals surface area contributed by atoms with E-state index < -0.39 is 17.2 Å². The van der Waals surface area contributed by atoms with Crippen LogP contribution in [0.4, 0.5) is 15.8 Å². The first kappa shape index (κ1) is 22.5. The highest BCUT2D eigenvalue weighted by Crippen LogP contribution is 2.38. The molecule has 0 atom stereocenters. The number of nitrogens with zero attached hydrogens (tertiary/aromatic N) is 1. The molecule has 178 valence electrons. The number of aryl methyl sites for hydroxylation is 2. The zero-order chi connectivity index (χ0) is 23.7. The van der Waals surface area contributed by atoms with Gasteiger partial charge in [-0.1, -0.05) is 12.1 Å². The van der Waals surface area contributed by atoms with Gasteiger partial charge in [0.2, 0.25) is 5.91 Å². The maximum atomic E-state index is 13.4. The number of halogens is 1. The van der Waals surface area contributed by atoms with E-state index in [9.17, 15) is 18.8 Å². The summed E-state index contributed by atoms with van der Waals surface area (Å²) in [6, 6.07) is 10.0. The lowest BCUT2D eigenvalue weighted by Gasteiger charge is -2.38. The van der Waals surface area contributed by atoms with Gasteiger partial charge in [-0.25, -0.2) is 4.39 Å². The zero-order valence-corrected chi connectivity index (χ0v) is 19.0. The van der Waals surface area contributed by atoms with Crippen LogP contribution < -0.4 is 15.5 Å². The Morgan fingerprint density at radius 2 is 1.71 bits per heavy atom. The molecule has 2 aromatic rings. The SMILES string of the molecule is O=C(NCC1(c2ccc(F)cc2)CCOCC1)C(=O)Nc1cc2c3c(c1)CCC(=O)N3CCC2. The second-order valence-electron chi connectivity index (χ2n) is 9.33. The highest BCUT2D eigenvalue weighted by molar-refractivity contribution is 6.39. The molecule has 3 aliphatic rings. The Hall–Kier alpha value is -3.26. The van der Waals surface area contributed by atoms with E-state index in [1.165, 1.54) is 12.1 Å². The highest BCUT2D eigenvalue weighted by atomic mass is 19.1. The number of hydrogen-bond donors (Lipinski definition) is 2. The summed E-state index contributed by atoms with van der Waals surface area (Å²) in [5.74, 6) is -1.61. The van der Waals surface area contributed by atoms with E-state index in [0.29, 0.717) is 44.6 Å². The molecule has 0 aliphatic carbocycles. The fourth-order valence-corrected chi connectivity index (χ4v) is 5.38. The lowest BCUT2D eigenvalue weighted by Crippen LogP contribution is -2.47. The highest BCUT2D eigenvalue weighted by Gasteiger charge is 2.36. The molecule has 3 heterocycles. The van der Waals surface area contributed by atoms with Crippen LogP contribution in [0.3, 0.4) is 0 Å². The number of ether oxygens (including phenoxy) is 1. The summed E-state index contributed by atoms with van der Waals surface area (Å²) < 4.78 is 18.9. The standard InChI is InChI=1S/C26H28FN3O4/c27-20-6-4-19(5-7-20)26(9-12-34-13-10-26)16-28-24(32)25(33)29-21-14-17-2-1-11-30-22(31)8-3-18(15-21)23(17)30/h4-7,14-15H,1-3,8-13,16H2,(H,28,32)(H,29,33). The average molecular weight is 466 g/mol. The minimum atomic E-state index is -0.729. The van der Waals surface area contributed by atoms with Gasteiger partial charge >= 0.3 is 11.8 Å². The minimum absolute atomic E-state index is 0.146. The molecule has 3 aliphatic heterocycles. The Kier molecular flexibility index (Phi) is 6.08. The van der Waals surface area contributed by atoms with Crippen LogP contribution in [0.2, 0.25) is 0 Å². The summed E-state index contributed by atoms with van der Waals surface area (Å²) in [5, 5.41) is 5.52. The van der Waals surface area contributed by atoms with Crippen LogP contribution in [0, 0.1) is 5.82 Å². The first-order valence-corrected chi connectivity index (χ1v) is 11.8. The summed E-state index contributed by atoms with van der Waals surface area (Å²) >= 11 is 0. The van der Waals surface area contributed by atoms with Gasteiger partial charge in [-0.3, -0.25) is 14.4 Å². The van der Waals surface area contributed by atoms with Crippen LogP contribution in [0.5, 0.6) is 0 Å². The average Bonchev–Trinajstić information content (AvgIpc) is 2.85. The number of amides is 3. The summed E-state index contributed by atoms with van der Waals surface area (Å²) in [6.45, 7) is 2.07. The van der Waals surface area contributed by atoms with Crippen molar-refractivity contribution in [1.82, 2.24) is 5.32 Å². The van der Waals surface area contributed by atoms with Crippen molar-refractivity contribution in [3.8, 4) is 0 Å². The smallest absolute Gasteiger partial charge is 0.313 e. The molecule has 0 saturated carbocycles. The van der Waals surface area contributed by atoms with E-state index >= 15 is 0 Å². The van der Waals surface area contributed by atoms with Crippen molar-refractivity contribution in [2.24, 2.45) is 0 Å². The Balaban J connectivity index is 1.28. The predicted octanol–water partition coefficient (Wildman–Crippen LogP) is 2.85. The predicted molar refractivity (Wildman–Crippen MR) is 125 cm³/mol. The molecule has 1 saturated heterocycles. The van der Waals surface area contributed by atoms with E-state index in [1.807, 2.05) is 17.0 Å². The molecule has 3 amide bonds. The van der Waals surface area contributed by atoms with Gasteiger partial charge in [-0.2, -0.15) is 0 Å². The summed E-state index contributed by atoms with van der Waals surface area (Å²) in [4.78, 5) is 39.5. The van der Waals surface area contributed by atoms with Crippen LogP contribution in [-0.4, -0.2) is 44.0 Å². The third-order valence-corrected chi connectivity index (χ3v) is 7.23. The van der Waals surface area contributed by atoms with Crippen molar-refractivity contribution in [3.63, 3.8) is 0 Å². The summed E-state index contributed by atoms with van der Waals surface area (Å²) in [7, 11) is 0. The second kappa shape index (κ2) is 9.18. The van der Waals surface area contributed by atoms with Gasteiger partial charge in [-0.15, -0.1) is 0 Å². The van der Waals surface area contributed by atoms with Gasteiger partial charge in [0, 0.05) is 43.8 Å². The lowest BCUT2D eigenvalue weighted by atomic mass is 9.74. The Morgan fingerprint density at radius 3 is 2.44 bits per heavy atom. The molecule has 8 heteroatoms. The van der Waals surface area contributed by atoms with Crippen LogP contribution in [-0.2, 0) is 37.4 Å². The minimum Gasteiger partial charge on any atom is -0.381 e. The fourth-order valence-electron chi connectivity index (χ4n) is 5.38. The molecule has 0 spiro atoms. The molecule has 0 unspecified atom stereocenters. The number of benzene rings is 2. The van der Waals surface area contributed by atoms with Crippen molar-refractivity contribution in [2.75, 3.05) is 36.5 Å². The van der Waals surface area contributed by atoms with Gasteiger partial charge in [0.1, 0.15) is 5.82 Å². The summed E-state index contributed by atoms with van der Waals surface area (Å²) in [5.41, 5.74) is 4.13. The number of hydrogen-bond acceptors (Lipinski definition) is 4. The third-order valence-electron chi connectivity index (χ3n) is 7.23. The Bertz CT molecular complexity index is 1110. The number of nitrogens with one attached hydrogen (secondary N) is 2. The van der Waals surface area contributed by atoms with Gasteiger partial charge in [0.15, 0.2) is 0 Å². The number of carbonyl (C=O) groups excluding carboxylic acids is 3. The maximum Gasteiger partial charge on any atom is 0.313 e. The van der Waals surface area contributed by atoms with Crippen molar-refractivity contribution in [1.29, 1.82) is 0 Å². The van der Waals surface area contributed by atoms with E-state index in [1.54, 1.807) is 12.1 Å². The normalized spacial score (nSPS) is 18.7. The molecule has 1 fully saturated rings. The van der Waals surface area contributed by atoms with Crippen LogP contribution >= 0.6 is 0 Å². The largest absolute Gasteiger partial charge is 0.381 e. The molecule has 7 nitrogen and oxygen atoms in total. The topological polar surface area (TPSA) is 87.7 Å². The molecular formula is C26H28FN3O4. The molecule has 0 radical (unpaired) electrons. The van der Waals surface area contributed by atoms with E-state index in [0.717, 1.165) is 41.8 Å². The van der Waals surface area contributed by atoms with Crippen molar-refractivity contribution >= 4 is 29.1 Å². The molecular weight excluding hydrogens is 437 g/mol. The number of carbonyl (C=O) groups is 3. The Labute approximate surface area is 197 Å². The monoisotopic (exact) mass is 465 g/mol. The molecule has 0 aromatic heterocycles. The van der Waals surface area contributed by atoms with Crippen LogP contribution in [0.25, 0.3) is 0 Å². The van der Waals surface area contributed by atoms with E-state index in [4.69, 9.17) is 4.74 Å². The van der Waals surface area contributed by atoms with Crippen molar-refractivity contribution in [2.45, 2.75) is 43.9 Å². The number of rotatable bonds is 4. The van der Waals surface area contributed by atoms with Crippen LogP contribution in [0.1, 0.15) is 42.4 Å². The quantitative estimate of drug-likeness (QED) is 0.680. The van der Waals surface area contributed by atoms with Gasteiger partial charge in [0.25, 0.3) is 0 Å². The molecule has 34 heavy (non-hydrogen) atoms. The third kappa shape index (κ3) is 4.30. The summed E-state index contributed by atoms with van der Waals surface area (Å²) in [6.07, 6.45) is 4.15. The second-order valence-corrected chi connectivity index (χ2v) is 9.33. The van der Waals surface area contributed by atoms with Crippen molar-refractivity contribution in [3.05, 3.63) is 58.9 Å². The van der Waals surface area contributed by atoms with Gasteiger partial charge < -0.3 is 20.3 Å². The molecule has 5 rings (SSSR count). The number of anilines is 2. The Morgan fingerprint density at radius 1 is 1.00 bits per heavy atom. The van der Waals surface area contributed by atoms with Gasteiger partial charge in [0.05, 0.1) is 5.69 Å². The lowest BCUT2D eigenvalue weighted by molar-refractivity contribution is -0.136. The van der Waals surface area contributed by atoms with Crippen molar-refractivity contribution < 1.29 is 23.5 Å². The fraction of sp³-hybridized carbons (Fsp3) is 0.423. The molecule has 2 aromatic carbocycles. The molecule has 0 bridgehead atoms. The first-order valence-electron chi connectivity index (χ1n) is 11.8. The van der Waals surface area contributed by atoms with E-state index in [-0.39, 0.29) is 18.3 Å². The van der Waals surface area contributed by atoms with Crippen LogP contribution in [0.15, 0.2) is 36.4 Å². The first-order chi connectivity index (χ1) is 16.4. The van der Waals surface area contributed by atoms with Gasteiger partial charge in [-0.05, 0) is 73.1 Å². The zero-order valence-electron chi connectivity index (χ0n) is 19.0. The van der Waals surface area contributed by atoms with E-state index in [2.05, 4.69) is 10.6 Å². The molecule has 2 N–H and O–H groups in total.